The summed E-state index contributed by atoms with van der Waals surface area (Å²) in [4.78, 5) is 16.3. The molecule has 13 aromatic carbocycles. The van der Waals surface area contributed by atoms with Crippen molar-refractivity contribution in [3.05, 3.63) is 302 Å². The lowest BCUT2D eigenvalue weighted by Crippen LogP contribution is -2.66. The van der Waals surface area contributed by atoms with E-state index in [2.05, 4.69) is 435 Å². The predicted octanol–water partition coefficient (Wildman–Crippen LogP) is 26.9. The van der Waals surface area contributed by atoms with Gasteiger partial charge in [-0.3, -0.25) is 0 Å². The second-order valence-corrected chi connectivity index (χ2v) is 46.3. The average Bonchev–Trinajstić information content (AvgIpc) is 1.10. The van der Waals surface area contributed by atoms with E-state index in [1.165, 1.54) is 242 Å². The monoisotopic (exact) mass is 1680 g/mol. The lowest BCUT2D eigenvalue weighted by atomic mass is 9.30. The van der Waals surface area contributed by atoms with Gasteiger partial charge in [0.15, 0.2) is 0 Å². The first kappa shape index (κ1) is 81.8. The molecule has 0 N–H and O–H groups in total. The van der Waals surface area contributed by atoms with Crippen LogP contribution in [0.5, 0.6) is 0 Å². The molecule has 0 radical (unpaired) electrons. The van der Waals surface area contributed by atoms with Crippen LogP contribution in [0.15, 0.2) is 218 Å². The number of nitrogens with zero attached hydrogens (tertiary/aromatic N) is 6. The minimum absolute atomic E-state index is 0.0336. The Bertz CT molecular complexity index is 7110. The third kappa shape index (κ3) is 12.6. The number of aryl methyl sites for hydroxylation is 9. The number of benzene rings is 13. The van der Waals surface area contributed by atoms with E-state index in [1.807, 2.05) is 22.7 Å². The summed E-state index contributed by atoms with van der Waals surface area (Å²) in [5.74, 6) is 0. The highest BCUT2D eigenvalue weighted by molar-refractivity contribution is 7.34. The van der Waals surface area contributed by atoms with E-state index < -0.39 is 0 Å². The van der Waals surface area contributed by atoms with Gasteiger partial charge in [0.25, 0.3) is 20.1 Å². The van der Waals surface area contributed by atoms with E-state index >= 15 is 0 Å². The van der Waals surface area contributed by atoms with E-state index in [-0.39, 0.29) is 52.6 Å². The maximum absolute atomic E-state index is 2.80. The summed E-state index contributed by atoms with van der Waals surface area (Å²) < 4.78 is 5.34. The molecule has 628 valence electrons. The predicted molar refractivity (Wildman–Crippen MR) is 554 cm³/mol. The molecule has 0 amide bonds. The third-order valence-corrected chi connectivity index (χ3v) is 30.9. The summed E-state index contributed by atoms with van der Waals surface area (Å²) in [5.41, 5.74) is 49.6. The Morgan fingerprint density at radius 1 is 0.206 bits per heavy atom. The van der Waals surface area contributed by atoms with Crippen LogP contribution in [-0.2, 0) is 32.5 Å². The molecule has 8 heterocycles. The number of anilines is 18. The second kappa shape index (κ2) is 27.9. The largest absolute Gasteiger partial charge is 0.311 e. The van der Waals surface area contributed by atoms with E-state index in [9.17, 15) is 0 Å². The lowest BCUT2D eigenvalue weighted by Gasteiger charge is -2.48. The number of fused-ring (bicyclic) bond motifs is 16. The molecule has 0 saturated heterocycles. The van der Waals surface area contributed by atoms with Crippen LogP contribution >= 0.6 is 22.7 Å². The normalized spacial score (nSPS) is 14.5. The quantitative estimate of drug-likeness (QED) is 0.153. The Morgan fingerprint density at radius 2 is 0.437 bits per heavy atom. The zero-order valence-corrected chi connectivity index (χ0v) is 80.6. The molecule has 126 heavy (non-hydrogen) atoms. The van der Waals surface area contributed by atoms with Crippen molar-refractivity contribution in [3.63, 3.8) is 0 Å². The summed E-state index contributed by atoms with van der Waals surface area (Å²) in [6.45, 7) is 62.7. The fourth-order valence-corrected chi connectivity index (χ4v) is 25.0. The molecule has 6 nitrogen and oxygen atoms in total. The topological polar surface area (TPSA) is 19.4 Å². The second-order valence-electron chi connectivity index (χ2n) is 44.1. The number of thiophene rings is 2. The first-order valence-electron chi connectivity index (χ1n) is 45.8. The van der Waals surface area contributed by atoms with Gasteiger partial charge in [0, 0.05) is 109 Å². The molecule has 0 fully saturated rings. The van der Waals surface area contributed by atoms with Crippen molar-refractivity contribution in [3.8, 4) is 0 Å². The maximum Gasteiger partial charge on any atom is 0.264 e. The number of hydrogen-bond donors (Lipinski definition) is 0. The summed E-state index contributed by atoms with van der Waals surface area (Å²) in [5, 5.41) is 2.60. The number of hydrogen-bond acceptors (Lipinski definition) is 8. The van der Waals surface area contributed by atoms with Gasteiger partial charge in [0.1, 0.15) is 0 Å². The fraction of sp³-hybridized carbons (Fsp3) is 0.287. The minimum Gasteiger partial charge on any atom is -0.311 e. The Balaban J connectivity index is 0.922. The molecule has 6 aliphatic rings. The standard InChI is InChI=1S/C115H117B3N6S2/c1-64-48-69(6)104(70(7)49-64)123-91-63-90-87(117-102-94(120(90)80-40-30-74(31-41-80)111(13,14)15)53-66(3)54-95(102)121(81-42-32-75(33-43-81)112(16,17)18)106-83-58-77(114(22,23)24)36-46-99(83)125-108(106)117)61-86(91)116-85-60-88-92(62-89(85)119(93-52-67(4)56-97(123)101(93)116)79-38-28-73(29-39-79)110(10,11)12)124(105-71(8)50-65(2)51-72(105)9)98-57-68(5)55-96-103(98)118(88)109-107(84-59-78(115(25,26)27)37-47-100(84)126-109)122(96)82-44-34-76(35-45-82)113(19,20)21/h28-63H,1-27H3. The smallest absolute Gasteiger partial charge is 0.264 e. The van der Waals surface area contributed by atoms with Gasteiger partial charge in [-0.15, -0.1) is 22.7 Å². The minimum atomic E-state index is -0.285. The summed E-state index contributed by atoms with van der Waals surface area (Å²) >= 11 is 4.02. The van der Waals surface area contributed by atoms with Crippen molar-refractivity contribution in [2.45, 2.75) is 219 Å². The van der Waals surface area contributed by atoms with Crippen LogP contribution < -0.4 is 77.2 Å². The van der Waals surface area contributed by atoms with Crippen LogP contribution in [0, 0.1) is 62.3 Å². The van der Waals surface area contributed by atoms with E-state index in [4.69, 9.17) is 0 Å². The molecular weight excluding hydrogens is 1560 g/mol. The van der Waals surface area contributed by atoms with Crippen molar-refractivity contribution >= 4 is 213 Å². The molecule has 2 aromatic heterocycles. The zero-order chi connectivity index (χ0) is 88.6. The molecule has 15 aromatic rings. The van der Waals surface area contributed by atoms with Gasteiger partial charge in [-0.05, 0) is 327 Å². The third-order valence-electron chi connectivity index (χ3n) is 28.5. The Hall–Kier alpha value is -11.2. The highest BCUT2D eigenvalue weighted by Gasteiger charge is 2.53. The molecule has 0 aliphatic carbocycles. The van der Waals surface area contributed by atoms with E-state index in [0.29, 0.717) is 0 Å². The molecule has 0 saturated carbocycles. The fourth-order valence-electron chi connectivity index (χ4n) is 22.4. The van der Waals surface area contributed by atoms with Crippen LogP contribution in [-0.4, -0.2) is 20.1 Å². The molecule has 21 rings (SSSR count). The van der Waals surface area contributed by atoms with Crippen molar-refractivity contribution in [1.29, 1.82) is 0 Å². The van der Waals surface area contributed by atoms with Crippen LogP contribution in [0.3, 0.4) is 0 Å². The van der Waals surface area contributed by atoms with E-state index in [0.717, 1.165) is 11.4 Å². The summed E-state index contributed by atoms with van der Waals surface area (Å²) in [7, 11) is 0. The van der Waals surface area contributed by atoms with Crippen LogP contribution in [0.4, 0.5) is 102 Å². The van der Waals surface area contributed by atoms with Crippen molar-refractivity contribution in [2.24, 2.45) is 0 Å². The molecule has 0 atom stereocenters. The van der Waals surface area contributed by atoms with Gasteiger partial charge in [-0.1, -0.05) is 233 Å². The Kier molecular flexibility index (Phi) is 18.1. The molecule has 0 bridgehead atoms. The number of rotatable bonds is 6. The highest BCUT2D eigenvalue weighted by atomic mass is 32.1. The van der Waals surface area contributed by atoms with Crippen LogP contribution in [0.25, 0.3) is 20.2 Å². The van der Waals surface area contributed by atoms with Crippen molar-refractivity contribution < 1.29 is 0 Å². The molecule has 0 unspecified atom stereocenters. The van der Waals surface area contributed by atoms with Crippen molar-refractivity contribution in [2.75, 3.05) is 29.4 Å². The Labute approximate surface area is 758 Å². The lowest BCUT2D eigenvalue weighted by molar-refractivity contribution is 0.590. The SMILES string of the molecule is Cc1cc(C)c(N2c3cc4c(cc3B3c5cc6c(cc5N(c5ccc(C(C)(C)C)cc5)c5cc(C)cc2c53)N(c2c(C)cc(C)cc2C)c2cc(C)cc3c2B6c2sc5ccc(C(C)(C)C)cc5c2N3c2ccc(C(C)(C)C)cc2)B2c3sc5ccc(C(C)(C)C)cc5c3N(c3ccc(C(C)(C)C)cc3)c3cc(C)cc(c32)N4c2ccc(C(C)(C)C)cc2)c(C)c1. The van der Waals surface area contributed by atoms with Gasteiger partial charge in [-0.25, -0.2) is 0 Å². The Morgan fingerprint density at radius 3 is 0.722 bits per heavy atom. The average molecular weight is 1680 g/mol. The van der Waals surface area contributed by atoms with Crippen LogP contribution in [0.2, 0.25) is 0 Å². The molecule has 6 aliphatic heterocycles. The summed E-state index contributed by atoms with van der Waals surface area (Å²) in [6, 6.07) is 89.3. The van der Waals surface area contributed by atoms with E-state index in [1.54, 1.807) is 0 Å². The van der Waals surface area contributed by atoms with Gasteiger partial charge in [-0.2, -0.15) is 0 Å². The summed E-state index contributed by atoms with van der Waals surface area (Å²) in [6.07, 6.45) is 0. The molecule has 0 spiro atoms. The van der Waals surface area contributed by atoms with Gasteiger partial charge in [0.2, 0.25) is 0 Å². The van der Waals surface area contributed by atoms with Crippen molar-refractivity contribution in [1.82, 2.24) is 0 Å². The van der Waals surface area contributed by atoms with Gasteiger partial charge in [0.05, 0.1) is 22.7 Å². The van der Waals surface area contributed by atoms with Crippen LogP contribution in [0.1, 0.15) is 208 Å². The zero-order valence-electron chi connectivity index (χ0n) is 79.0. The maximum atomic E-state index is 2.80. The molecular formula is C115H117B3N6S2. The first-order valence-corrected chi connectivity index (χ1v) is 47.4. The molecule has 11 heteroatoms. The van der Waals surface area contributed by atoms with Gasteiger partial charge < -0.3 is 29.4 Å². The van der Waals surface area contributed by atoms with Gasteiger partial charge >= 0.3 is 0 Å². The first-order chi connectivity index (χ1) is 59.5. The highest BCUT2D eigenvalue weighted by Crippen LogP contribution is 2.57.